The van der Waals surface area contributed by atoms with Crippen LogP contribution in [-0.4, -0.2) is 20.0 Å². The number of hydrogen-bond donors (Lipinski definition) is 0. The van der Waals surface area contributed by atoms with Gasteiger partial charge in [-0.25, -0.2) is 0 Å². The molecule has 0 bridgehead atoms. The number of Topliss-reactive ketones (excluding diaryl/α,β-unsaturated/α-hetero) is 1. The molecule has 1 aromatic rings. The van der Waals surface area contributed by atoms with Crippen molar-refractivity contribution >= 4 is 5.78 Å². The summed E-state index contributed by atoms with van der Waals surface area (Å²) in [5.74, 6) is -1.26. The molecule has 1 aliphatic rings. The van der Waals surface area contributed by atoms with Gasteiger partial charge in [0.2, 0.25) is 0 Å². The van der Waals surface area contributed by atoms with Crippen LogP contribution in [0.1, 0.15) is 10.4 Å². The summed E-state index contributed by atoms with van der Waals surface area (Å²) in [6.07, 6.45) is 0. The maximum Gasteiger partial charge on any atom is 0.188 e. The Morgan fingerprint density at radius 3 is 1.83 bits per heavy atom. The fraction of sp³-hybridized carbons (Fsp3) is 0.312. The maximum atomic E-state index is 12.6. The van der Waals surface area contributed by atoms with E-state index in [-0.39, 0.29) is 11.3 Å². The Labute approximate surface area is 132 Å². The molecule has 0 spiro atoms. The Morgan fingerprint density at radius 1 is 0.957 bits per heavy atom. The largest absolute Gasteiger partial charge is 0.493 e. The van der Waals surface area contributed by atoms with Crippen molar-refractivity contribution in [2.24, 2.45) is 16.7 Å². The lowest BCUT2D eigenvalue weighted by Crippen LogP contribution is -2.09. The molecule has 0 atom stereocenters. The van der Waals surface area contributed by atoms with Crippen LogP contribution in [0.3, 0.4) is 0 Å². The van der Waals surface area contributed by atoms with Gasteiger partial charge in [0.25, 0.3) is 0 Å². The van der Waals surface area contributed by atoms with Crippen LogP contribution < -0.4 is 9.47 Å². The fourth-order valence-electron chi connectivity index (χ4n) is 2.69. The van der Waals surface area contributed by atoms with Gasteiger partial charge in [0, 0.05) is 5.56 Å². The number of hydrogen-bond acceptors (Lipinski definition) is 7. The Kier molecular flexibility index (Phi) is 3.67. The quantitative estimate of drug-likeness (QED) is 0.771. The van der Waals surface area contributed by atoms with Gasteiger partial charge in [0.05, 0.1) is 44.4 Å². The average molecular weight is 306 g/mol. The number of carbonyl (C=O) groups is 1. The SMILES string of the molecule is COc1ccc(C(=O)C2C(C#N)(C#N)C2(C#N)C#N)cc1OC. The lowest BCUT2D eigenvalue weighted by atomic mass is 9.98. The zero-order valence-electron chi connectivity index (χ0n) is 12.3. The van der Waals surface area contributed by atoms with Crippen LogP contribution in [0.2, 0.25) is 0 Å². The van der Waals surface area contributed by atoms with Crippen LogP contribution in [0.5, 0.6) is 11.5 Å². The van der Waals surface area contributed by atoms with E-state index in [1.807, 2.05) is 0 Å². The number of nitriles is 4. The van der Waals surface area contributed by atoms with Crippen LogP contribution in [0.25, 0.3) is 0 Å². The van der Waals surface area contributed by atoms with Crippen LogP contribution >= 0.6 is 0 Å². The van der Waals surface area contributed by atoms with Gasteiger partial charge in [-0.2, -0.15) is 21.0 Å². The highest BCUT2D eigenvalue weighted by atomic mass is 16.5. The van der Waals surface area contributed by atoms with Gasteiger partial charge in [-0.05, 0) is 18.2 Å². The molecule has 23 heavy (non-hydrogen) atoms. The number of ether oxygens (including phenoxy) is 2. The number of ketones is 1. The van der Waals surface area contributed by atoms with Gasteiger partial charge in [-0.1, -0.05) is 0 Å². The molecule has 0 radical (unpaired) electrons. The normalized spacial score (nSPS) is 16.8. The van der Waals surface area contributed by atoms with E-state index in [1.54, 1.807) is 24.3 Å². The van der Waals surface area contributed by atoms with Gasteiger partial charge in [-0.3, -0.25) is 4.79 Å². The second-order valence-electron chi connectivity index (χ2n) is 4.93. The molecule has 0 aliphatic heterocycles. The van der Waals surface area contributed by atoms with E-state index in [9.17, 15) is 25.8 Å². The minimum atomic E-state index is -1.96. The van der Waals surface area contributed by atoms with E-state index >= 15 is 0 Å². The van der Waals surface area contributed by atoms with Crippen molar-refractivity contribution in [3.63, 3.8) is 0 Å². The molecular weight excluding hydrogens is 296 g/mol. The summed E-state index contributed by atoms with van der Waals surface area (Å²) in [7, 11) is 2.83. The van der Waals surface area contributed by atoms with E-state index in [0.717, 1.165) is 0 Å². The second-order valence-corrected chi connectivity index (χ2v) is 4.93. The molecule has 7 heteroatoms. The summed E-state index contributed by atoms with van der Waals surface area (Å²) in [6.45, 7) is 0. The predicted molar refractivity (Wildman–Crippen MR) is 74.7 cm³/mol. The molecule has 1 aliphatic carbocycles. The first-order valence-electron chi connectivity index (χ1n) is 6.43. The molecule has 0 unspecified atom stereocenters. The van der Waals surface area contributed by atoms with E-state index in [2.05, 4.69) is 0 Å². The van der Waals surface area contributed by atoms with Gasteiger partial charge in [0.15, 0.2) is 28.1 Å². The molecule has 7 nitrogen and oxygen atoms in total. The van der Waals surface area contributed by atoms with Crippen LogP contribution in [0, 0.1) is 62.1 Å². The average Bonchev–Trinajstić information content (AvgIpc) is 3.22. The third kappa shape index (κ3) is 1.81. The molecule has 0 aromatic heterocycles. The number of benzene rings is 1. The van der Waals surface area contributed by atoms with Crippen molar-refractivity contribution in [2.75, 3.05) is 14.2 Å². The number of nitrogens with zero attached hydrogens (tertiary/aromatic N) is 4. The van der Waals surface area contributed by atoms with Crippen molar-refractivity contribution < 1.29 is 14.3 Å². The highest BCUT2D eigenvalue weighted by Crippen LogP contribution is 2.69. The first-order valence-corrected chi connectivity index (χ1v) is 6.43. The van der Waals surface area contributed by atoms with E-state index in [0.29, 0.717) is 5.75 Å². The van der Waals surface area contributed by atoms with Gasteiger partial charge < -0.3 is 9.47 Å². The maximum absolute atomic E-state index is 12.6. The van der Waals surface area contributed by atoms with Gasteiger partial charge in [0.1, 0.15) is 0 Å². The molecule has 0 saturated heterocycles. The molecule has 1 fully saturated rings. The molecule has 0 heterocycles. The Balaban J connectivity index is 2.51. The van der Waals surface area contributed by atoms with Gasteiger partial charge >= 0.3 is 0 Å². The molecule has 2 rings (SSSR count). The van der Waals surface area contributed by atoms with Crippen LogP contribution in [0.4, 0.5) is 0 Å². The zero-order valence-corrected chi connectivity index (χ0v) is 12.3. The molecule has 0 N–H and O–H groups in total. The standard InChI is InChI=1S/C16H10N4O3/c1-22-11-4-3-10(5-12(11)23-2)13(21)14-15(6-17,7-18)16(14,8-19)9-20/h3-5,14H,1-2H3. The summed E-state index contributed by atoms with van der Waals surface area (Å²) >= 11 is 0. The Morgan fingerprint density at radius 2 is 1.43 bits per heavy atom. The molecule has 1 saturated carbocycles. The Bertz CT molecular complexity index is 782. The summed E-state index contributed by atoms with van der Waals surface area (Å²) in [4.78, 5) is 12.6. The van der Waals surface area contributed by atoms with Gasteiger partial charge in [-0.15, -0.1) is 0 Å². The first-order chi connectivity index (χ1) is 11.0. The van der Waals surface area contributed by atoms with Crippen molar-refractivity contribution in [1.82, 2.24) is 0 Å². The summed E-state index contributed by atoms with van der Waals surface area (Å²) < 4.78 is 10.2. The van der Waals surface area contributed by atoms with Crippen molar-refractivity contribution in [3.8, 4) is 35.8 Å². The third-order valence-corrected chi connectivity index (χ3v) is 4.04. The molecular formula is C16H10N4O3. The number of rotatable bonds is 4. The van der Waals surface area contributed by atoms with Crippen LogP contribution in [-0.2, 0) is 0 Å². The number of carbonyl (C=O) groups excluding carboxylic acids is 1. The number of methoxy groups -OCH3 is 2. The van der Waals surface area contributed by atoms with E-state index < -0.39 is 22.5 Å². The predicted octanol–water partition coefficient (Wildman–Crippen LogP) is 1.58. The van der Waals surface area contributed by atoms with E-state index in [4.69, 9.17) is 9.47 Å². The highest BCUT2D eigenvalue weighted by Gasteiger charge is 2.84. The molecule has 112 valence electrons. The third-order valence-electron chi connectivity index (χ3n) is 4.04. The monoisotopic (exact) mass is 306 g/mol. The van der Waals surface area contributed by atoms with Crippen molar-refractivity contribution in [2.45, 2.75) is 0 Å². The topological polar surface area (TPSA) is 131 Å². The summed E-state index contributed by atoms with van der Waals surface area (Å²) in [6, 6.07) is 11.0. The Hall–Kier alpha value is -3.55. The summed E-state index contributed by atoms with van der Waals surface area (Å²) in [5, 5.41) is 36.9. The van der Waals surface area contributed by atoms with Crippen molar-refractivity contribution in [3.05, 3.63) is 23.8 Å². The first kappa shape index (κ1) is 15.8. The molecule has 1 aromatic carbocycles. The smallest absolute Gasteiger partial charge is 0.188 e. The van der Waals surface area contributed by atoms with Crippen molar-refractivity contribution in [1.29, 1.82) is 21.0 Å². The fourth-order valence-corrected chi connectivity index (χ4v) is 2.69. The lowest BCUT2D eigenvalue weighted by molar-refractivity contribution is 0.0953. The van der Waals surface area contributed by atoms with Crippen LogP contribution in [0.15, 0.2) is 18.2 Å². The minimum Gasteiger partial charge on any atom is -0.493 e. The zero-order chi connectivity index (χ0) is 17.3. The minimum absolute atomic E-state index is 0.134. The molecule has 0 amide bonds. The van der Waals surface area contributed by atoms with E-state index in [1.165, 1.54) is 32.4 Å². The highest BCUT2D eigenvalue weighted by molar-refractivity contribution is 6.04. The summed E-state index contributed by atoms with van der Waals surface area (Å²) in [5.41, 5.74) is -3.78. The second kappa shape index (κ2) is 5.34. The lowest BCUT2D eigenvalue weighted by Gasteiger charge is -2.09.